The van der Waals surface area contributed by atoms with Crippen LogP contribution >= 0.6 is 0 Å². The highest BCUT2D eigenvalue weighted by Crippen LogP contribution is 2.22. The first kappa shape index (κ1) is 14.7. The molecule has 5 nitrogen and oxygen atoms in total. The molecule has 1 amide bonds. The fourth-order valence-corrected chi connectivity index (χ4v) is 1.79. The van der Waals surface area contributed by atoms with Gasteiger partial charge in [0.15, 0.2) is 0 Å². The Morgan fingerprint density at radius 1 is 1.67 bits per heavy atom. The Morgan fingerprint density at radius 2 is 2.28 bits per heavy atom. The van der Waals surface area contributed by atoms with Gasteiger partial charge in [-0.3, -0.25) is 9.48 Å². The molecule has 0 radical (unpaired) electrons. The van der Waals surface area contributed by atoms with Gasteiger partial charge in [-0.05, 0) is 27.2 Å². The van der Waals surface area contributed by atoms with Gasteiger partial charge in [-0.25, -0.2) is 0 Å². The second-order valence-electron chi connectivity index (χ2n) is 5.12. The Hall–Kier alpha value is -1.36. The second-order valence-corrected chi connectivity index (χ2v) is 5.12. The van der Waals surface area contributed by atoms with Gasteiger partial charge in [0.2, 0.25) is 5.91 Å². The molecular weight excluding hydrogens is 228 g/mol. The number of rotatable bonds is 5. The lowest BCUT2D eigenvalue weighted by atomic mass is 9.86. The monoisotopic (exact) mass is 252 g/mol. The molecule has 0 aliphatic carbocycles. The van der Waals surface area contributed by atoms with E-state index in [1.54, 1.807) is 10.9 Å². The third-order valence-corrected chi connectivity index (χ3v) is 3.87. The van der Waals surface area contributed by atoms with E-state index in [0.717, 1.165) is 17.7 Å². The van der Waals surface area contributed by atoms with Crippen molar-refractivity contribution in [3.8, 4) is 0 Å². The summed E-state index contributed by atoms with van der Waals surface area (Å²) in [6.07, 6.45) is 2.53. The number of hydrogen-bond donors (Lipinski definition) is 2. The number of carbonyl (C=O) groups is 1. The van der Waals surface area contributed by atoms with Gasteiger partial charge in [-0.2, -0.15) is 5.10 Å². The first-order valence-corrected chi connectivity index (χ1v) is 6.35. The number of nitrogens with one attached hydrogen (secondary N) is 1. The van der Waals surface area contributed by atoms with Crippen LogP contribution in [0, 0.1) is 12.3 Å². The largest absolute Gasteiger partial charge is 0.349 e. The minimum atomic E-state index is -0.496. The van der Waals surface area contributed by atoms with Crippen molar-refractivity contribution >= 4 is 5.91 Å². The molecule has 0 bridgehead atoms. The summed E-state index contributed by atoms with van der Waals surface area (Å²) in [7, 11) is 1.89. The van der Waals surface area contributed by atoms with E-state index in [2.05, 4.69) is 10.4 Å². The summed E-state index contributed by atoms with van der Waals surface area (Å²) in [6.45, 7) is 8.19. The summed E-state index contributed by atoms with van der Waals surface area (Å²) < 4.78 is 1.81. The fourth-order valence-electron chi connectivity index (χ4n) is 1.79. The zero-order valence-corrected chi connectivity index (χ0v) is 11.9. The Labute approximate surface area is 109 Å². The number of carbonyl (C=O) groups excluding carboxylic acids is 1. The van der Waals surface area contributed by atoms with E-state index in [1.807, 2.05) is 34.7 Å². The molecule has 5 heteroatoms. The van der Waals surface area contributed by atoms with Crippen LogP contribution in [0.15, 0.2) is 6.20 Å². The molecular formula is C13H24N4O. The number of amides is 1. The zero-order chi connectivity index (χ0) is 13.9. The lowest BCUT2D eigenvalue weighted by Crippen LogP contribution is -2.44. The van der Waals surface area contributed by atoms with Crippen LogP contribution in [0.4, 0.5) is 0 Å². The maximum Gasteiger partial charge on any atom is 0.227 e. The summed E-state index contributed by atoms with van der Waals surface area (Å²) >= 11 is 0. The quantitative estimate of drug-likeness (QED) is 0.829. The molecule has 1 rings (SSSR count). The third kappa shape index (κ3) is 2.72. The summed E-state index contributed by atoms with van der Waals surface area (Å²) in [4.78, 5) is 12.2. The van der Waals surface area contributed by atoms with E-state index in [-0.39, 0.29) is 11.9 Å². The van der Waals surface area contributed by atoms with Gasteiger partial charge in [0, 0.05) is 24.8 Å². The van der Waals surface area contributed by atoms with Gasteiger partial charge in [0.1, 0.15) is 0 Å². The molecule has 0 aliphatic heterocycles. The smallest absolute Gasteiger partial charge is 0.227 e. The summed E-state index contributed by atoms with van der Waals surface area (Å²) in [6, 6.07) is -0.0522. The van der Waals surface area contributed by atoms with Crippen LogP contribution in [0.3, 0.4) is 0 Å². The van der Waals surface area contributed by atoms with Crippen LogP contribution < -0.4 is 11.1 Å². The maximum atomic E-state index is 12.2. The molecule has 18 heavy (non-hydrogen) atoms. The van der Waals surface area contributed by atoms with E-state index in [1.165, 1.54) is 0 Å². The fraction of sp³-hybridized carbons (Fsp3) is 0.692. The highest BCUT2D eigenvalue weighted by molar-refractivity contribution is 5.82. The highest BCUT2D eigenvalue weighted by atomic mass is 16.2. The van der Waals surface area contributed by atoms with Crippen molar-refractivity contribution in [2.24, 2.45) is 18.2 Å². The van der Waals surface area contributed by atoms with Gasteiger partial charge in [0.05, 0.1) is 17.7 Å². The molecule has 1 heterocycles. The molecule has 1 aromatic heterocycles. The average Bonchev–Trinajstić information content (AvgIpc) is 2.68. The Kier molecular flexibility index (Phi) is 4.51. The van der Waals surface area contributed by atoms with E-state index in [0.29, 0.717) is 6.54 Å². The van der Waals surface area contributed by atoms with Crippen molar-refractivity contribution in [3.63, 3.8) is 0 Å². The summed E-state index contributed by atoms with van der Waals surface area (Å²) in [5.41, 5.74) is 7.30. The SMILES string of the molecule is CCC(C)(CN)C(=O)NC(C)c1cnn(C)c1C. The third-order valence-electron chi connectivity index (χ3n) is 3.87. The van der Waals surface area contributed by atoms with E-state index < -0.39 is 5.41 Å². The minimum Gasteiger partial charge on any atom is -0.349 e. The molecule has 2 atom stereocenters. The minimum absolute atomic E-state index is 0.00301. The summed E-state index contributed by atoms with van der Waals surface area (Å²) in [5, 5.41) is 7.21. The van der Waals surface area contributed by atoms with Gasteiger partial charge in [-0.1, -0.05) is 6.92 Å². The normalized spacial score (nSPS) is 16.1. The molecule has 0 saturated carbocycles. The molecule has 0 aromatic carbocycles. The van der Waals surface area contributed by atoms with Crippen molar-refractivity contribution in [1.82, 2.24) is 15.1 Å². The lowest BCUT2D eigenvalue weighted by molar-refractivity contribution is -0.130. The molecule has 102 valence electrons. The van der Waals surface area contributed by atoms with Crippen molar-refractivity contribution in [2.75, 3.05) is 6.54 Å². The number of aryl methyl sites for hydroxylation is 1. The highest BCUT2D eigenvalue weighted by Gasteiger charge is 2.31. The first-order valence-electron chi connectivity index (χ1n) is 6.35. The van der Waals surface area contributed by atoms with Gasteiger partial charge >= 0.3 is 0 Å². The summed E-state index contributed by atoms with van der Waals surface area (Å²) in [5.74, 6) is 0.00301. The molecule has 0 spiro atoms. The Bertz CT molecular complexity index is 421. The molecule has 1 aromatic rings. The topological polar surface area (TPSA) is 72.9 Å². The molecule has 0 aliphatic rings. The van der Waals surface area contributed by atoms with Crippen LogP contribution in [-0.2, 0) is 11.8 Å². The van der Waals surface area contributed by atoms with E-state index in [9.17, 15) is 4.79 Å². The van der Waals surface area contributed by atoms with E-state index in [4.69, 9.17) is 5.73 Å². The maximum absolute atomic E-state index is 12.2. The predicted molar refractivity (Wildman–Crippen MR) is 72.0 cm³/mol. The van der Waals surface area contributed by atoms with Gasteiger partial charge in [-0.15, -0.1) is 0 Å². The van der Waals surface area contributed by atoms with Crippen molar-refractivity contribution in [3.05, 3.63) is 17.5 Å². The van der Waals surface area contributed by atoms with Crippen LogP contribution in [-0.4, -0.2) is 22.2 Å². The number of aromatic nitrogens is 2. The number of nitrogens with zero attached hydrogens (tertiary/aromatic N) is 2. The predicted octanol–water partition coefficient (Wildman–Crippen LogP) is 1.28. The number of nitrogens with two attached hydrogens (primary N) is 1. The van der Waals surface area contributed by atoms with Crippen molar-refractivity contribution < 1.29 is 4.79 Å². The van der Waals surface area contributed by atoms with Crippen LogP contribution in [0.5, 0.6) is 0 Å². The Balaban J connectivity index is 2.80. The van der Waals surface area contributed by atoms with Gasteiger partial charge in [0.25, 0.3) is 0 Å². The van der Waals surface area contributed by atoms with Crippen LogP contribution in [0.25, 0.3) is 0 Å². The average molecular weight is 252 g/mol. The van der Waals surface area contributed by atoms with Crippen LogP contribution in [0.1, 0.15) is 44.5 Å². The Morgan fingerprint density at radius 3 is 2.67 bits per heavy atom. The van der Waals surface area contributed by atoms with Gasteiger partial charge < -0.3 is 11.1 Å². The molecule has 3 N–H and O–H groups in total. The van der Waals surface area contributed by atoms with Crippen molar-refractivity contribution in [1.29, 1.82) is 0 Å². The molecule has 0 saturated heterocycles. The zero-order valence-electron chi connectivity index (χ0n) is 11.9. The second kappa shape index (κ2) is 5.52. The first-order chi connectivity index (χ1) is 8.35. The van der Waals surface area contributed by atoms with E-state index >= 15 is 0 Å². The number of hydrogen-bond acceptors (Lipinski definition) is 3. The van der Waals surface area contributed by atoms with Crippen molar-refractivity contribution in [2.45, 2.75) is 40.2 Å². The molecule has 0 fully saturated rings. The van der Waals surface area contributed by atoms with Crippen LogP contribution in [0.2, 0.25) is 0 Å². The standard InChI is InChI=1S/C13H24N4O/c1-6-13(4,8-14)12(18)16-9(2)11-7-15-17(5)10(11)3/h7,9H,6,8,14H2,1-5H3,(H,16,18). The lowest BCUT2D eigenvalue weighted by Gasteiger charge is -2.27. The molecule has 2 unspecified atom stereocenters.